The van der Waals surface area contributed by atoms with Crippen LogP contribution in [0.25, 0.3) is 22.2 Å². The van der Waals surface area contributed by atoms with Crippen molar-refractivity contribution in [1.29, 1.82) is 0 Å². The number of hydrogen-bond donors (Lipinski definition) is 2. The van der Waals surface area contributed by atoms with Crippen LogP contribution in [-0.4, -0.2) is 88.7 Å². The fourth-order valence-electron chi connectivity index (χ4n) is 7.50. The predicted octanol–water partition coefficient (Wildman–Crippen LogP) is 9.85. The number of halogens is 2. The number of fused-ring (bicyclic) bond motifs is 2. The summed E-state index contributed by atoms with van der Waals surface area (Å²) in [5.41, 5.74) is 6.30. The van der Waals surface area contributed by atoms with Crippen molar-refractivity contribution in [3.63, 3.8) is 0 Å². The van der Waals surface area contributed by atoms with Gasteiger partial charge in [-0.15, -0.1) is 0 Å². The molecule has 2 N–H and O–H groups in total. The maximum atomic E-state index is 12.8. The Hall–Kier alpha value is -5.53. The van der Waals surface area contributed by atoms with Crippen molar-refractivity contribution in [2.24, 2.45) is 11.8 Å². The smallest absolute Gasteiger partial charge is 0.325 e. The maximum absolute atomic E-state index is 12.8. The molecule has 0 unspecified atom stereocenters. The number of anilines is 4. The molecular formula is C44H51Cl2N9O4. The fraction of sp³-hybridized carbons (Fsp3) is 0.386. The van der Waals surface area contributed by atoms with E-state index in [4.69, 9.17) is 32.0 Å². The topological polar surface area (TPSA) is 136 Å². The van der Waals surface area contributed by atoms with Crippen LogP contribution in [0.5, 0.6) is 0 Å². The molecule has 3 aromatic heterocycles. The Kier molecular flexibility index (Phi) is 13.1. The number of carbonyl (C=O) groups excluding carboxylic acids is 2. The molecule has 0 aliphatic carbocycles. The number of pyridine rings is 1. The summed E-state index contributed by atoms with van der Waals surface area (Å²) in [5.74, 6) is 1.89. The van der Waals surface area contributed by atoms with Crippen LogP contribution in [0.4, 0.5) is 33.1 Å². The monoisotopic (exact) mass is 839 g/mol. The van der Waals surface area contributed by atoms with Crippen molar-refractivity contribution in [2.45, 2.75) is 53.5 Å². The Labute approximate surface area is 354 Å². The van der Waals surface area contributed by atoms with E-state index in [0.29, 0.717) is 60.7 Å². The van der Waals surface area contributed by atoms with Crippen molar-refractivity contribution in [1.82, 2.24) is 24.8 Å². The third kappa shape index (κ3) is 10.4. The molecule has 0 radical (unpaired) electrons. The number of aromatic nitrogens is 3. The first-order valence-electron chi connectivity index (χ1n) is 20.2. The van der Waals surface area contributed by atoms with Crippen LogP contribution in [-0.2, 0) is 12.8 Å². The van der Waals surface area contributed by atoms with Gasteiger partial charge in [-0.3, -0.25) is 10.6 Å². The molecule has 1 atom stereocenters. The molecule has 0 bridgehead atoms. The molecule has 59 heavy (non-hydrogen) atoms. The minimum Gasteiger partial charge on any atom is -0.423 e. The number of nitrogens with zero attached hydrogens (tertiary/aromatic N) is 7. The first-order valence-corrected chi connectivity index (χ1v) is 20.9. The van der Waals surface area contributed by atoms with Gasteiger partial charge in [0.25, 0.3) is 0 Å². The number of piperazine rings is 2. The molecule has 13 nitrogen and oxygen atoms in total. The summed E-state index contributed by atoms with van der Waals surface area (Å²) in [4.78, 5) is 46.6. The van der Waals surface area contributed by atoms with Gasteiger partial charge in [-0.25, -0.2) is 14.6 Å². The molecule has 6 aromatic rings. The lowest BCUT2D eigenvalue weighted by molar-refractivity contribution is 0.184. The molecule has 5 heterocycles. The number of hydrogen-bond acceptors (Lipinski definition) is 9. The van der Waals surface area contributed by atoms with Crippen LogP contribution in [0.15, 0.2) is 87.8 Å². The third-order valence-corrected chi connectivity index (χ3v) is 10.9. The van der Waals surface area contributed by atoms with Crippen molar-refractivity contribution in [2.75, 3.05) is 66.2 Å². The minimum atomic E-state index is -0.219. The first kappa shape index (κ1) is 41.6. The molecule has 310 valence electrons. The molecule has 2 saturated heterocycles. The Morgan fingerprint density at radius 1 is 0.712 bits per heavy atom. The van der Waals surface area contributed by atoms with Crippen molar-refractivity contribution in [3.8, 4) is 0 Å². The lowest BCUT2D eigenvalue weighted by Gasteiger charge is -2.40. The maximum Gasteiger partial charge on any atom is 0.325 e. The number of carbonyl (C=O) groups is 2. The Balaban J connectivity index is 0.000000179. The van der Waals surface area contributed by atoms with E-state index in [9.17, 15) is 9.59 Å². The molecule has 15 heteroatoms. The highest BCUT2D eigenvalue weighted by Crippen LogP contribution is 2.28. The Bertz CT molecular complexity index is 2390. The number of benzene rings is 3. The van der Waals surface area contributed by atoms with Gasteiger partial charge in [0.2, 0.25) is 0 Å². The lowest BCUT2D eigenvalue weighted by Crippen LogP contribution is -2.55. The van der Waals surface area contributed by atoms with Gasteiger partial charge in [0.05, 0.1) is 15.7 Å². The zero-order valence-corrected chi connectivity index (χ0v) is 35.6. The Morgan fingerprint density at radius 2 is 1.27 bits per heavy atom. The summed E-state index contributed by atoms with van der Waals surface area (Å²) >= 11 is 12.6. The van der Waals surface area contributed by atoms with Gasteiger partial charge < -0.3 is 28.4 Å². The van der Waals surface area contributed by atoms with E-state index in [1.54, 1.807) is 16.0 Å². The van der Waals surface area contributed by atoms with Gasteiger partial charge >= 0.3 is 24.1 Å². The zero-order chi connectivity index (χ0) is 41.6. The van der Waals surface area contributed by atoms with E-state index >= 15 is 0 Å². The number of urea groups is 2. The lowest BCUT2D eigenvalue weighted by atomic mass is 10.0. The quantitative estimate of drug-likeness (QED) is 0.154. The second-order valence-electron chi connectivity index (χ2n) is 15.9. The highest BCUT2D eigenvalue weighted by molar-refractivity contribution is 6.33. The minimum absolute atomic E-state index is 0.0150. The molecule has 2 aliphatic rings. The number of para-hydroxylation sites is 1. The van der Waals surface area contributed by atoms with E-state index in [1.807, 2.05) is 79.7 Å². The van der Waals surface area contributed by atoms with Crippen LogP contribution >= 0.6 is 23.2 Å². The van der Waals surface area contributed by atoms with Gasteiger partial charge in [-0.1, -0.05) is 75.2 Å². The summed E-state index contributed by atoms with van der Waals surface area (Å²) in [5, 5.41) is 6.95. The van der Waals surface area contributed by atoms with Crippen molar-refractivity contribution < 1.29 is 18.4 Å². The molecule has 4 amide bonds. The van der Waals surface area contributed by atoms with Crippen LogP contribution < -0.4 is 20.4 Å². The van der Waals surface area contributed by atoms with Crippen LogP contribution in [0.2, 0.25) is 10.0 Å². The van der Waals surface area contributed by atoms with Crippen molar-refractivity contribution in [3.05, 3.63) is 100 Å². The van der Waals surface area contributed by atoms with Gasteiger partial charge in [0.15, 0.2) is 11.2 Å². The molecule has 0 saturated carbocycles. The van der Waals surface area contributed by atoms with Crippen LogP contribution in [0, 0.1) is 11.8 Å². The molecule has 3 aromatic carbocycles. The summed E-state index contributed by atoms with van der Waals surface area (Å²) in [6.45, 7) is 15.3. The second kappa shape index (κ2) is 18.6. The van der Waals surface area contributed by atoms with Gasteiger partial charge in [0.1, 0.15) is 16.9 Å². The molecule has 2 fully saturated rings. The van der Waals surface area contributed by atoms with Gasteiger partial charge in [-0.2, -0.15) is 9.97 Å². The normalized spacial score (nSPS) is 15.8. The molecular weight excluding hydrogens is 789 g/mol. The number of oxazole rings is 2. The van der Waals surface area contributed by atoms with Crippen LogP contribution in [0.3, 0.4) is 0 Å². The average molecular weight is 841 g/mol. The van der Waals surface area contributed by atoms with E-state index in [1.165, 1.54) is 11.1 Å². The molecule has 0 spiro atoms. The molecule has 8 rings (SSSR count). The van der Waals surface area contributed by atoms with E-state index in [2.05, 4.69) is 63.1 Å². The number of nitrogens with one attached hydrogen (secondary N) is 2. The van der Waals surface area contributed by atoms with Crippen LogP contribution in [0.1, 0.15) is 45.7 Å². The van der Waals surface area contributed by atoms with Gasteiger partial charge in [-0.05, 0) is 91.3 Å². The highest BCUT2D eigenvalue weighted by Gasteiger charge is 2.30. The third-order valence-electron chi connectivity index (χ3n) is 10.3. The largest absolute Gasteiger partial charge is 0.423 e. The highest BCUT2D eigenvalue weighted by atomic mass is 35.5. The summed E-state index contributed by atoms with van der Waals surface area (Å²) < 4.78 is 11.4. The predicted molar refractivity (Wildman–Crippen MR) is 236 cm³/mol. The summed E-state index contributed by atoms with van der Waals surface area (Å²) in [6, 6.07) is 23.4. The number of amides is 4. The average Bonchev–Trinajstić information content (AvgIpc) is 3.80. The van der Waals surface area contributed by atoms with E-state index in [0.717, 1.165) is 53.5 Å². The van der Waals surface area contributed by atoms with Crippen molar-refractivity contribution >= 4 is 81.0 Å². The zero-order valence-electron chi connectivity index (χ0n) is 34.1. The van der Waals surface area contributed by atoms with E-state index in [-0.39, 0.29) is 30.1 Å². The number of rotatable bonds is 8. The SMILES string of the molecule is CC(C)Cc1ccc2oc(NC(=O)N3CCN(c4ccccc4Cl)CC3)nc2c1.CC(C)Cc1ccc2oc(NC(=O)N3CCN(c4ncccc4Cl)C[C@H]3C)nc2c1. The summed E-state index contributed by atoms with van der Waals surface area (Å²) in [7, 11) is 0. The summed E-state index contributed by atoms with van der Waals surface area (Å²) in [6.07, 6.45) is 3.69. The standard InChI is InChI=1S/C22H26ClN5O2.C22H25ClN4O2/c1-14(2)11-16-6-7-19-18(12-16)25-21(30-19)26-22(29)28-10-9-27(13-15(28)3)20-17(23)5-4-8-24-20;1-15(2)13-16-7-8-20-18(14-16)24-21(29-20)25-22(28)27-11-9-26(10-12-27)19-6-4-3-5-17(19)23/h4-8,12,14-15H,9-11,13H2,1-3H3,(H,25,26,29);3-8,14-15H,9-13H2,1-2H3,(H,24,25,28)/t15-;/m1./s1. The fourth-order valence-corrected chi connectivity index (χ4v) is 8.00. The van der Waals surface area contributed by atoms with Gasteiger partial charge in [0, 0.05) is 58.1 Å². The second-order valence-corrected chi connectivity index (χ2v) is 16.7. The molecule has 2 aliphatic heterocycles. The van der Waals surface area contributed by atoms with E-state index < -0.39 is 0 Å². The first-order chi connectivity index (χ1) is 28.4. The Morgan fingerprint density at radius 3 is 1.83 bits per heavy atom.